The second kappa shape index (κ2) is 3.37. The van der Waals surface area contributed by atoms with Gasteiger partial charge in [-0.1, -0.05) is 18.2 Å². The number of hydrogen-bond donors (Lipinski definition) is 1. The van der Waals surface area contributed by atoms with Crippen LogP contribution in [0.5, 0.6) is 0 Å². The van der Waals surface area contributed by atoms with Crippen LogP contribution in [0.15, 0.2) is 28.7 Å². The van der Waals surface area contributed by atoms with E-state index in [1.165, 1.54) is 5.56 Å². The van der Waals surface area contributed by atoms with E-state index < -0.39 is 0 Å². The van der Waals surface area contributed by atoms with Gasteiger partial charge in [0.1, 0.15) is 11.3 Å². The first kappa shape index (κ1) is 9.46. The molecule has 1 aromatic carbocycles. The molecule has 1 saturated heterocycles. The first-order chi connectivity index (χ1) is 7.75. The third-order valence-electron chi connectivity index (χ3n) is 3.21. The van der Waals surface area contributed by atoms with Gasteiger partial charge in [0.25, 0.3) is 0 Å². The fraction of sp³-hybridized carbons (Fsp3) is 0.308. The molecule has 0 radical (unpaired) electrons. The smallest absolute Gasteiger partial charge is 0.220 e. The van der Waals surface area contributed by atoms with Crippen LogP contribution in [0.4, 0.5) is 0 Å². The van der Waals surface area contributed by atoms with E-state index >= 15 is 0 Å². The molecule has 1 fully saturated rings. The molecule has 0 spiro atoms. The topological polar surface area (TPSA) is 42.2 Å². The van der Waals surface area contributed by atoms with Gasteiger partial charge in [-0.15, -0.1) is 0 Å². The van der Waals surface area contributed by atoms with Crippen LogP contribution in [0.1, 0.15) is 23.7 Å². The highest BCUT2D eigenvalue weighted by atomic mass is 16.3. The van der Waals surface area contributed by atoms with Gasteiger partial charge in [0.05, 0.1) is 0 Å². The Bertz CT molecular complexity index is 556. The zero-order valence-corrected chi connectivity index (χ0v) is 9.12. The molecule has 1 amide bonds. The molecule has 1 atom stereocenters. The average Bonchev–Trinajstić information content (AvgIpc) is 2.80. The molecular formula is C13H13NO2. The molecule has 1 aromatic heterocycles. The number of aryl methyl sites for hydroxylation is 1. The van der Waals surface area contributed by atoms with E-state index in [4.69, 9.17) is 4.42 Å². The molecule has 2 heterocycles. The molecule has 3 nitrogen and oxygen atoms in total. The molecule has 0 saturated carbocycles. The van der Waals surface area contributed by atoms with Gasteiger partial charge in [-0.3, -0.25) is 4.79 Å². The number of carbonyl (C=O) groups is 1. The molecule has 1 aliphatic heterocycles. The second-order valence-electron chi connectivity index (χ2n) is 4.27. The van der Waals surface area contributed by atoms with Crippen molar-refractivity contribution < 1.29 is 9.21 Å². The number of carbonyl (C=O) groups excluding carboxylic acids is 1. The van der Waals surface area contributed by atoms with E-state index in [2.05, 4.69) is 11.4 Å². The number of para-hydroxylation sites is 1. The van der Waals surface area contributed by atoms with Gasteiger partial charge in [-0.25, -0.2) is 0 Å². The number of furan rings is 1. The maximum Gasteiger partial charge on any atom is 0.220 e. The Morgan fingerprint density at radius 3 is 2.94 bits per heavy atom. The summed E-state index contributed by atoms with van der Waals surface area (Å²) in [7, 11) is 0. The Balaban J connectivity index is 2.15. The van der Waals surface area contributed by atoms with Crippen LogP contribution < -0.4 is 5.32 Å². The molecule has 3 rings (SSSR count). The van der Waals surface area contributed by atoms with Gasteiger partial charge in [-0.2, -0.15) is 0 Å². The van der Waals surface area contributed by atoms with E-state index in [1.807, 2.05) is 25.1 Å². The number of nitrogens with one attached hydrogen (secondary N) is 1. The van der Waals surface area contributed by atoms with E-state index in [0.717, 1.165) is 23.3 Å². The summed E-state index contributed by atoms with van der Waals surface area (Å²) in [6.45, 7) is 2.70. The van der Waals surface area contributed by atoms with Crippen LogP contribution in [0, 0.1) is 6.92 Å². The summed E-state index contributed by atoms with van der Waals surface area (Å²) in [4.78, 5) is 11.3. The summed E-state index contributed by atoms with van der Waals surface area (Å²) in [6.07, 6.45) is 0.574. The molecule has 0 aliphatic carbocycles. The first-order valence-corrected chi connectivity index (χ1v) is 5.50. The molecule has 2 aromatic rings. The van der Waals surface area contributed by atoms with Gasteiger partial charge in [0.15, 0.2) is 0 Å². The maximum atomic E-state index is 11.3. The van der Waals surface area contributed by atoms with Crippen molar-refractivity contribution in [2.24, 2.45) is 0 Å². The van der Waals surface area contributed by atoms with Crippen molar-refractivity contribution >= 4 is 16.9 Å². The lowest BCUT2D eigenvalue weighted by Gasteiger charge is -2.05. The SMILES string of the molecule is Cc1oc2ccccc2c1C1CNC(=O)C1. The van der Waals surface area contributed by atoms with E-state index in [9.17, 15) is 4.79 Å². The van der Waals surface area contributed by atoms with Gasteiger partial charge in [0, 0.05) is 29.8 Å². The van der Waals surface area contributed by atoms with Crippen molar-refractivity contribution in [3.63, 3.8) is 0 Å². The second-order valence-corrected chi connectivity index (χ2v) is 4.27. The van der Waals surface area contributed by atoms with Crippen molar-refractivity contribution in [3.8, 4) is 0 Å². The average molecular weight is 215 g/mol. The largest absolute Gasteiger partial charge is 0.461 e. The zero-order chi connectivity index (χ0) is 11.1. The summed E-state index contributed by atoms with van der Waals surface area (Å²) >= 11 is 0. The van der Waals surface area contributed by atoms with E-state index in [-0.39, 0.29) is 11.8 Å². The van der Waals surface area contributed by atoms with Gasteiger partial charge in [0.2, 0.25) is 5.91 Å². The molecule has 1 unspecified atom stereocenters. The predicted octanol–water partition coefficient (Wildman–Crippen LogP) is 2.34. The van der Waals surface area contributed by atoms with Crippen molar-refractivity contribution in [3.05, 3.63) is 35.6 Å². The van der Waals surface area contributed by atoms with E-state index in [0.29, 0.717) is 6.42 Å². The predicted molar refractivity (Wildman–Crippen MR) is 61.3 cm³/mol. The van der Waals surface area contributed by atoms with Gasteiger partial charge >= 0.3 is 0 Å². The lowest BCUT2D eigenvalue weighted by Crippen LogP contribution is -2.13. The summed E-state index contributed by atoms with van der Waals surface area (Å²) < 4.78 is 5.71. The van der Waals surface area contributed by atoms with Crippen LogP contribution in [0.3, 0.4) is 0 Å². The molecule has 1 N–H and O–H groups in total. The number of amides is 1. The number of hydrogen-bond acceptors (Lipinski definition) is 2. The quantitative estimate of drug-likeness (QED) is 0.793. The van der Waals surface area contributed by atoms with Crippen LogP contribution in [-0.2, 0) is 4.79 Å². The highest BCUT2D eigenvalue weighted by Gasteiger charge is 2.27. The van der Waals surface area contributed by atoms with Gasteiger partial charge < -0.3 is 9.73 Å². The van der Waals surface area contributed by atoms with Crippen LogP contribution in [-0.4, -0.2) is 12.5 Å². The highest BCUT2D eigenvalue weighted by Crippen LogP contribution is 2.34. The monoisotopic (exact) mass is 215 g/mol. The normalized spacial score (nSPS) is 20.3. The van der Waals surface area contributed by atoms with E-state index in [1.54, 1.807) is 0 Å². The maximum absolute atomic E-state index is 11.3. The number of rotatable bonds is 1. The lowest BCUT2D eigenvalue weighted by molar-refractivity contribution is -0.119. The molecule has 1 aliphatic rings. The molecule has 3 heteroatoms. The third-order valence-corrected chi connectivity index (χ3v) is 3.21. The third kappa shape index (κ3) is 1.32. The summed E-state index contributed by atoms with van der Waals surface area (Å²) in [5, 5.41) is 4.01. The summed E-state index contributed by atoms with van der Waals surface area (Å²) in [5.41, 5.74) is 2.10. The van der Waals surface area contributed by atoms with Crippen molar-refractivity contribution in [1.82, 2.24) is 5.32 Å². The summed E-state index contributed by atoms with van der Waals surface area (Å²) in [6, 6.07) is 8.00. The lowest BCUT2D eigenvalue weighted by atomic mass is 9.95. The van der Waals surface area contributed by atoms with Crippen molar-refractivity contribution in [2.75, 3.05) is 6.54 Å². The van der Waals surface area contributed by atoms with Crippen molar-refractivity contribution in [1.29, 1.82) is 0 Å². The first-order valence-electron chi connectivity index (χ1n) is 5.50. The highest BCUT2D eigenvalue weighted by molar-refractivity contribution is 5.86. The Kier molecular flexibility index (Phi) is 1.99. The van der Waals surface area contributed by atoms with Crippen LogP contribution >= 0.6 is 0 Å². The van der Waals surface area contributed by atoms with Crippen LogP contribution in [0.2, 0.25) is 0 Å². The number of fused-ring (bicyclic) bond motifs is 1. The minimum absolute atomic E-state index is 0.134. The Labute approximate surface area is 93.4 Å². The Morgan fingerprint density at radius 2 is 2.19 bits per heavy atom. The summed E-state index contributed by atoms with van der Waals surface area (Å²) in [5.74, 6) is 1.33. The van der Waals surface area contributed by atoms with Crippen molar-refractivity contribution in [2.45, 2.75) is 19.3 Å². The Morgan fingerprint density at radius 1 is 1.38 bits per heavy atom. The molecule has 82 valence electrons. The van der Waals surface area contributed by atoms with Crippen LogP contribution in [0.25, 0.3) is 11.0 Å². The standard InChI is InChI=1S/C13H13NO2/c1-8-13(9-6-12(15)14-7-9)10-4-2-3-5-11(10)16-8/h2-5,9H,6-7H2,1H3,(H,14,15). The van der Waals surface area contributed by atoms with Gasteiger partial charge in [-0.05, 0) is 13.0 Å². The molecule has 0 bridgehead atoms. The zero-order valence-electron chi connectivity index (χ0n) is 9.12. The fourth-order valence-corrected chi connectivity index (χ4v) is 2.50. The Hall–Kier alpha value is -1.77. The minimum atomic E-state index is 0.134. The number of benzene rings is 1. The fourth-order valence-electron chi connectivity index (χ4n) is 2.50. The minimum Gasteiger partial charge on any atom is -0.461 e. The molecule has 16 heavy (non-hydrogen) atoms. The molecular weight excluding hydrogens is 202 g/mol.